The zero-order valence-corrected chi connectivity index (χ0v) is 14.0. The highest BCUT2D eigenvalue weighted by Gasteiger charge is 2.09. The van der Waals surface area contributed by atoms with Gasteiger partial charge in [0.1, 0.15) is 11.0 Å². The van der Waals surface area contributed by atoms with Crippen molar-refractivity contribution < 1.29 is 4.79 Å². The van der Waals surface area contributed by atoms with Gasteiger partial charge in [0.2, 0.25) is 5.91 Å². The molecule has 0 fully saturated rings. The molecule has 1 aromatic heterocycles. The maximum Gasteiger partial charge on any atom is 0.234 e. The Hall–Kier alpha value is -1.44. The first-order valence-electron chi connectivity index (χ1n) is 6.12. The number of rotatable bonds is 4. The lowest BCUT2D eigenvalue weighted by Gasteiger charge is -2.05. The van der Waals surface area contributed by atoms with Gasteiger partial charge in [0, 0.05) is 9.37 Å². The van der Waals surface area contributed by atoms with E-state index in [4.69, 9.17) is 0 Å². The SMILES string of the molecule is O=C(CSc1ccc(Br)cc1)Nc1cccc2nsnc12. The van der Waals surface area contributed by atoms with Crippen LogP contribution in [0.25, 0.3) is 11.0 Å². The van der Waals surface area contributed by atoms with Crippen LogP contribution in [0, 0.1) is 0 Å². The van der Waals surface area contributed by atoms with Crippen molar-refractivity contribution in [3.8, 4) is 0 Å². The summed E-state index contributed by atoms with van der Waals surface area (Å²) in [7, 11) is 0. The number of anilines is 1. The molecule has 1 heterocycles. The van der Waals surface area contributed by atoms with Crippen LogP contribution in [0.4, 0.5) is 5.69 Å². The van der Waals surface area contributed by atoms with Gasteiger partial charge in [0.15, 0.2) is 0 Å². The van der Waals surface area contributed by atoms with Crippen LogP contribution in [0.5, 0.6) is 0 Å². The third-order valence-corrected chi connectivity index (χ3v) is 4.83. The fourth-order valence-corrected chi connectivity index (χ4v) is 3.29. The lowest BCUT2D eigenvalue weighted by atomic mass is 10.2. The minimum absolute atomic E-state index is 0.0524. The molecule has 3 aromatic rings. The van der Waals surface area contributed by atoms with Gasteiger partial charge >= 0.3 is 0 Å². The summed E-state index contributed by atoms with van der Waals surface area (Å²) < 4.78 is 9.39. The molecule has 4 nitrogen and oxygen atoms in total. The van der Waals surface area contributed by atoms with E-state index >= 15 is 0 Å². The van der Waals surface area contributed by atoms with Crippen molar-refractivity contribution in [1.29, 1.82) is 0 Å². The number of thioether (sulfide) groups is 1. The fraction of sp³-hybridized carbons (Fsp3) is 0.0714. The van der Waals surface area contributed by atoms with Crippen LogP contribution in [0.2, 0.25) is 0 Å². The summed E-state index contributed by atoms with van der Waals surface area (Å²) in [6.45, 7) is 0. The molecule has 0 saturated carbocycles. The number of carbonyl (C=O) groups excluding carboxylic acids is 1. The van der Waals surface area contributed by atoms with E-state index in [1.165, 1.54) is 11.8 Å². The van der Waals surface area contributed by atoms with Crippen LogP contribution < -0.4 is 5.32 Å². The quantitative estimate of drug-likeness (QED) is 0.690. The Bertz CT molecular complexity index is 773. The molecule has 0 saturated heterocycles. The molecule has 106 valence electrons. The van der Waals surface area contributed by atoms with Gasteiger partial charge < -0.3 is 5.32 Å². The lowest BCUT2D eigenvalue weighted by Crippen LogP contribution is -2.14. The molecule has 0 aliphatic rings. The van der Waals surface area contributed by atoms with E-state index in [-0.39, 0.29) is 5.91 Å². The van der Waals surface area contributed by atoms with E-state index in [2.05, 4.69) is 30.0 Å². The van der Waals surface area contributed by atoms with Gasteiger partial charge in [-0.25, -0.2) is 0 Å². The van der Waals surface area contributed by atoms with Gasteiger partial charge in [-0.3, -0.25) is 4.79 Å². The molecule has 7 heteroatoms. The largest absolute Gasteiger partial charge is 0.323 e. The first-order chi connectivity index (χ1) is 10.2. The van der Waals surface area contributed by atoms with Gasteiger partial charge in [0.05, 0.1) is 23.2 Å². The number of nitrogens with zero attached hydrogens (tertiary/aromatic N) is 2. The smallest absolute Gasteiger partial charge is 0.234 e. The number of amides is 1. The van der Waals surface area contributed by atoms with E-state index < -0.39 is 0 Å². The second-order valence-electron chi connectivity index (χ2n) is 4.23. The number of carbonyl (C=O) groups is 1. The van der Waals surface area contributed by atoms with Crippen LogP contribution in [-0.4, -0.2) is 20.4 Å². The van der Waals surface area contributed by atoms with Crippen LogP contribution >= 0.6 is 39.4 Å². The van der Waals surface area contributed by atoms with E-state index in [1.54, 1.807) is 0 Å². The van der Waals surface area contributed by atoms with E-state index in [9.17, 15) is 4.79 Å². The molecular weight excluding hydrogens is 370 g/mol. The number of hydrogen-bond donors (Lipinski definition) is 1. The van der Waals surface area contributed by atoms with Crippen LogP contribution in [0.3, 0.4) is 0 Å². The topological polar surface area (TPSA) is 54.9 Å². The second-order valence-corrected chi connectivity index (χ2v) is 6.72. The summed E-state index contributed by atoms with van der Waals surface area (Å²) >= 11 is 6.03. The van der Waals surface area contributed by atoms with E-state index in [1.807, 2.05) is 42.5 Å². The minimum Gasteiger partial charge on any atom is -0.323 e. The molecule has 3 rings (SSSR count). The summed E-state index contributed by atoms with van der Waals surface area (Å²) in [5.74, 6) is 0.304. The predicted octanol–water partition coefficient (Wildman–Crippen LogP) is 4.18. The van der Waals surface area contributed by atoms with Crippen LogP contribution in [0.15, 0.2) is 51.8 Å². The summed E-state index contributed by atoms with van der Waals surface area (Å²) in [6.07, 6.45) is 0. The molecule has 21 heavy (non-hydrogen) atoms. The number of benzene rings is 2. The third-order valence-electron chi connectivity index (χ3n) is 2.74. The predicted molar refractivity (Wildman–Crippen MR) is 90.9 cm³/mol. The molecule has 0 aliphatic carbocycles. The lowest BCUT2D eigenvalue weighted by molar-refractivity contribution is -0.113. The highest BCUT2D eigenvalue weighted by atomic mass is 79.9. The van der Waals surface area contributed by atoms with Gasteiger partial charge in [-0.2, -0.15) is 8.75 Å². The van der Waals surface area contributed by atoms with Crippen LogP contribution in [-0.2, 0) is 4.79 Å². The Morgan fingerprint density at radius 3 is 2.81 bits per heavy atom. The maximum atomic E-state index is 12.0. The molecule has 1 amide bonds. The molecule has 0 bridgehead atoms. The normalized spacial score (nSPS) is 10.7. The highest BCUT2D eigenvalue weighted by Crippen LogP contribution is 2.23. The van der Waals surface area contributed by atoms with Crippen molar-refractivity contribution in [2.24, 2.45) is 0 Å². The Morgan fingerprint density at radius 2 is 2.00 bits per heavy atom. The summed E-state index contributed by atoms with van der Waals surface area (Å²) in [4.78, 5) is 13.1. The number of nitrogens with one attached hydrogen (secondary N) is 1. The van der Waals surface area contributed by atoms with Crippen molar-refractivity contribution in [3.05, 3.63) is 46.9 Å². The molecule has 0 atom stereocenters. The molecule has 0 spiro atoms. The standard InChI is InChI=1S/C14H10BrN3OS2/c15-9-4-6-10(7-5-9)20-8-13(19)16-11-2-1-3-12-14(11)18-21-17-12/h1-7H,8H2,(H,16,19). The maximum absolute atomic E-state index is 12.0. The monoisotopic (exact) mass is 379 g/mol. The molecule has 2 aromatic carbocycles. The van der Waals surface area contributed by atoms with Crippen molar-refractivity contribution in [1.82, 2.24) is 8.75 Å². The first kappa shape index (κ1) is 14.5. The zero-order valence-electron chi connectivity index (χ0n) is 10.7. The molecule has 1 N–H and O–H groups in total. The number of fused-ring (bicyclic) bond motifs is 1. The number of halogens is 1. The summed E-state index contributed by atoms with van der Waals surface area (Å²) in [5.41, 5.74) is 2.26. The number of hydrogen-bond acceptors (Lipinski definition) is 5. The molecular formula is C14H10BrN3OS2. The van der Waals surface area contributed by atoms with Gasteiger partial charge in [-0.15, -0.1) is 11.8 Å². The number of aromatic nitrogens is 2. The van der Waals surface area contributed by atoms with Crippen molar-refractivity contribution in [3.63, 3.8) is 0 Å². The third kappa shape index (κ3) is 3.61. The van der Waals surface area contributed by atoms with E-state index in [0.29, 0.717) is 11.4 Å². The van der Waals surface area contributed by atoms with E-state index in [0.717, 1.165) is 32.1 Å². The Balaban J connectivity index is 1.64. The first-order valence-corrected chi connectivity index (χ1v) is 8.63. The highest BCUT2D eigenvalue weighted by molar-refractivity contribution is 9.10. The Morgan fingerprint density at radius 1 is 1.19 bits per heavy atom. The van der Waals surface area contributed by atoms with Crippen molar-refractivity contribution >= 4 is 62.0 Å². The Kier molecular flexibility index (Phi) is 4.52. The van der Waals surface area contributed by atoms with Crippen molar-refractivity contribution in [2.75, 3.05) is 11.1 Å². The molecule has 0 unspecified atom stereocenters. The fourth-order valence-electron chi connectivity index (χ4n) is 1.77. The second kappa shape index (κ2) is 6.55. The van der Waals surface area contributed by atoms with Crippen LogP contribution in [0.1, 0.15) is 0 Å². The summed E-state index contributed by atoms with van der Waals surface area (Å²) in [5, 5.41) is 2.89. The average Bonchev–Trinajstić information content (AvgIpc) is 2.96. The van der Waals surface area contributed by atoms with Gasteiger partial charge in [-0.1, -0.05) is 22.0 Å². The Labute approximate surface area is 138 Å². The summed E-state index contributed by atoms with van der Waals surface area (Å²) in [6, 6.07) is 13.5. The molecule has 0 aliphatic heterocycles. The molecule has 0 radical (unpaired) electrons. The zero-order chi connectivity index (χ0) is 14.7. The average molecular weight is 380 g/mol. The van der Waals surface area contributed by atoms with Gasteiger partial charge in [0.25, 0.3) is 0 Å². The van der Waals surface area contributed by atoms with Gasteiger partial charge in [-0.05, 0) is 36.4 Å². The van der Waals surface area contributed by atoms with Crippen molar-refractivity contribution in [2.45, 2.75) is 4.90 Å². The minimum atomic E-state index is -0.0524.